The average molecular weight is 211 g/mol. The van der Waals surface area contributed by atoms with Crippen molar-refractivity contribution in [2.45, 2.75) is 12.5 Å². The van der Waals surface area contributed by atoms with Crippen molar-refractivity contribution in [2.24, 2.45) is 0 Å². The number of cyclic esters (lactones) is 1. The summed E-state index contributed by atoms with van der Waals surface area (Å²) in [4.78, 5) is 20.9. The van der Waals surface area contributed by atoms with Crippen molar-refractivity contribution in [3.63, 3.8) is 0 Å². The molecule has 0 aromatic heterocycles. The molecule has 1 rings (SSSR count). The van der Waals surface area contributed by atoms with E-state index in [4.69, 9.17) is 28.3 Å². The second kappa shape index (κ2) is 3.33. The predicted molar refractivity (Wildman–Crippen MR) is 40.9 cm³/mol. The minimum atomic E-state index is -1.10. The number of hydrogen-bond donors (Lipinski definition) is 1. The Morgan fingerprint density at radius 3 is 2.50 bits per heavy atom. The highest BCUT2D eigenvalue weighted by atomic mass is 35.5. The molecule has 0 aliphatic carbocycles. The Morgan fingerprint density at radius 2 is 2.17 bits per heavy atom. The molecule has 0 aromatic carbocycles. The lowest BCUT2D eigenvalue weighted by Gasteiger charge is -2.05. The smallest absolute Gasteiger partial charge is 0.351 e. The van der Waals surface area contributed by atoms with E-state index in [0.717, 1.165) is 0 Å². The van der Waals surface area contributed by atoms with Gasteiger partial charge in [0.05, 0.1) is 11.5 Å². The van der Waals surface area contributed by atoms with E-state index in [1.54, 1.807) is 0 Å². The Balaban J connectivity index is 2.73. The van der Waals surface area contributed by atoms with Crippen LogP contribution in [0.5, 0.6) is 0 Å². The minimum Gasteiger partial charge on any atom is -0.481 e. The molecule has 0 aromatic rings. The summed E-state index contributed by atoms with van der Waals surface area (Å²) < 4.78 is 4.54. The third-order valence-electron chi connectivity index (χ3n) is 1.28. The van der Waals surface area contributed by atoms with Crippen LogP contribution in [-0.2, 0) is 14.3 Å². The number of aliphatic carboxylic acids is 1. The SMILES string of the molecule is O=C(O)CC1OC(=O)C(Cl)=C1Cl. The van der Waals surface area contributed by atoms with Crippen molar-refractivity contribution < 1.29 is 19.4 Å². The summed E-state index contributed by atoms with van der Waals surface area (Å²) >= 11 is 10.9. The van der Waals surface area contributed by atoms with Crippen LogP contribution in [0.25, 0.3) is 0 Å². The van der Waals surface area contributed by atoms with E-state index in [1.807, 2.05) is 0 Å². The molecule has 0 saturated carbocycles. The Hall–Kier alpha value is -0.740. The fourth-order valence-electron chi connectivity index (χ4n) is 0.761. The quantitative estimate of drug-likeness (QED) is 0.694. The molecule has 0 saturated heterocycles. The van der Waals surface area contributed by atoms with Gasteiger partial charge in [-0.2, -0.15) is 0 Å². The third-order valence-corrected chi connectivity index (χ3v) is 2.17. The van der Waals surface area contributed by atoms with Gasteiger partial charge in [0, 0.05) is 0 Å². The summed E-state index contributed by atoms with van der Waals surface area (Å²) in [7, 11) is 0. The molecule has 1 heterocycles. The van der Waals surface area contributed by atoms with Gasteiger partial charge in [-0.1, -0.05) is 23.2 Å². The molecule has 0 radical (unpaired) electrons. The molecule has 6 heteroatoms. The zero-order valence-electron chi connectivity index (χ0n) is 5.71. The first-order valence-electron chi connectivity index (χ1n) is 3.00. The molecule has 1 atom stereocenters. The third kappa shape index (κ3) is 1.70. The number of rotatable bonds is 2. The maximum atomic E-state index is 10.7. The molecule has 0 fully saturated rings. The molecule has 12 heavy (non-hydrogen) atoms. The Bertz CT molecular complexity index is 271. The summed E-state index contributed by atoms with van der Waals surface area (Å²) in [6.45, 7) is 0. The first kappa shape index (κ1) is 9.35. The van der Waals surface area contributed by atoms with Crippen molar-refractivity contribution in [2.75, 3.05) is 0 Å². The number of hydrogen-bond acceptors (Lipinski definition) is 3. The molecule has 0 amide bonds. The molecule has 1 N–H and O–H groups in total. The lowest BCUT2D eigenvalue weighted by molar-refractivity contribution is -0.144. The van der Waals surface area contributed by atoms with Crippen LogP contribution in [-0.4, -0.2) is 23.1 Å². The Kier molecular flexibility index (Phi) is 2.59. The molecular formula is C6H4Cl2O4. The molecular weight excluding hydrogens is 207 g/mol. The number of carbonyl (C=O) groups excluding carboxylic acids is 1. The Morgan fingerprint density at radius 1 is 1.58 bits per heavy atom. The summed E-state index contributed by atoms with van der Waals surface area (Å²) in [5.41, 5.74) is 0. The Labute approximate surface area is 77.7 Å². The number of carboxylic acid groups (broad SMARTS) is 1. The highest BCUT2D eigenvalue weighted by Crippen LogP contribution is 2.30. The highest BCUT2D eigenvalue weighted by Gasteiger charge is 2.33. The number of carboxylic acids is 1. The van der Waals surface area contributed by atoms with Gasteiger partial charge >= 0.3 is 11.9 Å². The summed E-state index contributed by atoms with van der Waals surface area (Å²) in [5.74, 6) is -1.87. The van der Waals surface area contributed by atoms with Crippen molar-refractivity contribution in [3.05, 3.63) is 10.1 Å². The maximum absolute atomic E-state index is 10.7. The van der Waals surface area contributed by atoms with E-state index in [2.05, 4.69) is 4.74 Å². The van der Waals surface area contributed by atoms with Gasteiger partial charge < -0.3 is 9.84 Å². The van der Waals surface area contributed by atoms with E-state index in [0.29, 0.717) is 0 Å². The number of ether oxygens (including phenoxy) is 1. The standard InChI is InChI=1S/C6H4Cl2O4/c7-4-2(1-3(9)10)12-6(11)5(4)8/h2H,1H2,(H,9,10). The monoisotopic (exact) mass is 210 g/mol. The number of esters is 1. The van der Waals surface area contributed by atoms with Gasteiger partial charge in [-0.25, -0.2) is 4.79 Å². The van der Waals surface area contributed by atoms with Crippen molar-refractivity contribution in [3.8, 4) is 0 Å². The topological polar surface area (TPSA) is 63.6 Å². The molecule has 1 aliphatic heterocycles. The molecule has 66 valence electrons. The van der Waals surface area contributed by atoms with Crippen LogP contribution in [0.4, 0.5) is 0 Å². The van der Waals surface area contributed by atoms with Crippen molar-refractivity contribution in [1.82, 2.24) is 0 Å². The van der Waals surface area contributed by atoms with Gasteiger partial charge in [-0.05, 0) is 0 Å². The summed E-state index contributed by atoms with van der Waals surface area (Å²) in [6, 6.07) is 0. The molecule has 1 aliphatic rings. The van der Waals surface area contributed by atoms with Gasteiger partial charge in [-0.15, -0.1) is 0 Å². The van der Waals surface area contributed by atoms with Gasteiger partial charge in [0.15, 0.2) is 0 Å². The van der Waals surface area contributed by atoms with E-state index in [-0.39, 0.29) is 16.5 Å². The number of halogens is 2. The largest absolute Gasteiger partial charge is 0.481 e. The predicted octanol–water partition coefficient (Wildman–Crippen LogP) is 1.08. The first-order valence-corrected chi connectivity index (χ1v) is 3.76. The van der Waals surface area contributed by atoms with Crippen LogP contribution >= 0.6 is 23.2 Å². The molecule has 0 spiro atoms. The maximum Gasteiger partial charge on any atom is 0.351 e. The van der Waals surface area contributed by atoms with Gasteiger partial charge in [0.2, 0.25) is 0 Å². The number of carbonyl (C=O) groups is 2. The second-order valence-corrected chi connectivity index (χ2v) is 2.94. The fraction of sp³-hybridized carbons (Fsp3) is 0.333. The van der Waals surface area contributed by atoms with Crippen molar-refractivity contribution >= 4 is 35.1 Å². The zero-order chi connectivity index (χ0) is 9.30. The summed E-state index contributed by atoms with van der Waals surface area (Å²) in [6.07, 6.45) is -1.29. The second-order valence-electron chi connectivity index (χ2n) is 2.15. The lowest BCUT2D eigenvalue weighted by atomic mass is 10.2. The van der Waals surface area contributed by atoms with Crippen molar-refractivity contribution in [1.29, 1.82) is 0 Å². The fourth-order valence-corrected chi connectivity index (χ4v) is 1.13. The van der Waals surface area contributed by atoms with E-state index in [1.165, 1.54) is 0 Å². The average Bonchev–Trinajstić information content (AvgIpc) is 2.17. The first-order chi connectivity index (χ1) is 5.52. The van der Waals surface area contributed by atoms with Crippen LogP contribution in [0.15, 0.2) is 10.1 Å². The van der Waals surface area contributed by atoms with Crippen LogP contribution in [0.2, 0.25) is 0 Å². The normalized spacial score (nSPS) is 22.8. The van der Waals surface area contributed by atoms with Gasteiger partial charge in [0.1, 0.15) is 11.1 Å². The highest BCUT2D eigenvalue weighted by molar-refractivity contribution is 6.48. The van der Waals surface area contributed by atoms with Crippen LogP contribution < -0.4 is 0 Å². The van der Waals surface area contributed by atoms with Gasteiger partial charge in [-0.3, -0.25) is 4.79 Å². The van der Waals surface area contributed by atoms with E-state index in [9.17, 15) is 9.59 Å². The lowest BCUT2D eigenvalue weighted by Crippen LogP contribution is -2.14. The zero-order valence-corrected chi connectivity index (χ0v) is 7.22. The van der Waals surface area contributed by atoms with Gasteiger partial charge in [0.25, 0.3) is 0 Å². The molecule has 1 unspecified atom stereocenters. The molecule has 4 nitrogen and oxygen atoms in total. The van der Waals surface area contributed by atoms with E-state index < -0.39 is 18.0 Å². The van der Waals surface area contributed by atoms with E-state index >= 15 is 0 Å². The van der Waals surface area contributed by atoms with Crippen LogP contribution in [0.1, 0.15) is 6.42 Å². The molecule has 0 bridgehead atoms. The van der Waals surface area contributed by atoms with Crippen LogP contribution in [0, 0.1) is 0 Å². The summed E-state index contributed by atoms with van der Waals surface area (Å²) in [5, 5.41) is 8.08. The van der Waals surface area contributed by atoms with Crippen LogP contribution in [0.3, 0.4) is 0 Å². The minimum absolute atomic E-state index is 0.0379.